The van der Waals surface area contributed by atoms with E-state index in [1.807, 2.05) is 0 Å². The quantitative estimate of drug-likeness (QED) is 0.291. The molecule has 0 aliphatic carbocycles. The number of rotatable bonds is 14. The fourth-order valence-electron chi connectivity index (χ4n) is 5.11. The van der Waals surface area contributed by atoms with Gasteiger partial charge in [-0.1, -0.05) is 26.7 Å². The predicted octanol–water partition coefficient (Wildman–Crippen LogP) is 6.37. The predicted molar refractivity (Wildman–Crippen MR) is 134 cm³/mol. The second-order valence-electron chi connectivity index (χ2n) is 11.9. The summed E-state index contributed by atoms with van der Waals surface area (Å²) in [5.74, 6) is -0.390. The van der Waals surface area contributed by atoms with Crippen molar-refractivity contribution < 1.29 is 18.4 Å². The van der Waals surface area contributed by atoms with Gasteiger partial charge < -0.3 is 18.4 Å². The van der Waals surface area contributed by atoms with Crippen molar-refractivity contribution in [3.63, 3.8) is 0 Å². The van der Waals surface area contributed by atoms with Gasteiger partial charge in [0.25, 0.3) is 0 Å². The van der Waals surface area contributed by atoms with Crippen molar-refractivity contribution >= 4 is 0 Å². The Morgan fingerprint density at radius 1 is 0.613 bits per heavy atom. The standard InChI is InChI=1S/C27H58N2O2/c1-13-15-17-27(18-16-14-2)30-25(19-28(11,21(3)4)22(5)6)26(31-27)20-29(12,23(7)8)24(9)10/h21-26H,13-20H2,1-12H3/q+2/t25-,26-/m0/s1. The number of nitrogens with zero attached hydrogens (tertiary/aromatic N) is 2. The third-order valence-electron chi connectivity index (χ3n) is 8.83. The second kappa shape index (κ2) is 11.8. The van der Waals surface area contributed by atoms with E-state index in [4.69, 9.17) is 9.47 Å². The summed E-state index contributed by atoms with van der Waals surface area (Å²) in [6.45, 7) is 25.4. The van der Waals surface area contributed by atoms with Crippen molar-refractivity contribution in [1.29, 1.82) is 0 Å². The van der Waals surface area contributed by atoms with Gasteiger partial charge in [-0.2, -0.15) is 0 Å². The lowest BCUT2D eigenvalue weighted by molar-refractivity contribution is -0.958. The van der Waals surface area contributed by atoms with Gasteiger partial charge in [-0.3, -0.25) is 0 Å². The molecule has 0 aromatic heterocycles. The highest BCUT2D eigenvalue weighted by Crippen LogP contribution is 2.40. The third-order valence-corrected chi connectivity index (χ3v) is 8.83. The van der Waals surface area contributed by atoms with Gasteiger partial charge in [0, 0.05) is 12.8 Å². The van der Waals surface area contributed by atoms with Gasteiger partial charge in [-0.25, -0.2) is 0 Å². The van der Waals surface area contributed by atoms with E-state index in [1.165, 1.54) is 25.7 Å². The van der Waals surface area contributed by atoms with Crippen molar-refractivity contribution in [2.75, 3.05) is 27.2 Å². The summed E-state index contributed by atoms with van der Waals surface area (Å²) in [5, 5.41) is 0. The van der Waals surface area contributed by atoms with Crippen LogP contribution in [0.4, 0.5) is 0 Å². The van der Waals surface area contributed by atoms with Crippen molar-refractivity contribution in [2.45, 2.75) is 150 Å². The van der Waals surface area contributed by atoms with E-state index in [2.05, 4.69) is 83.3 Å². The van der Waals surface area contributed by atoms with Gasteiger partial charge in [-0.05, 0) is 68.2 Å². The minimum Gasteiger partial charge on any atom is -0.338 e. The maximum Gasteiger partial charge on any atom is 0.169 e. The van der Waals surface area contributed by atoms with Crippen LogP contribution in [-0.4, -0.2) is 78.3 Å². The Labute approximate surface area is 195 Å². The fourth-order valence-corrected chi connectivity index (χ4v) is 5.11. The number of hydrogen-bond donors (Lipinski definition) is 0. The SMILES string of the molecule is CCCCC1(CCCC)O[C@@H](C[N+](C)(C(C)C)C(C)C)[C@H](C[N+](C)(C(C)C)C(C)C)O1. The first-order valence-electron chi connectivity index (χ1n) is 13.3. The molecule has 4 nitrogen and oxygen atoms in total. The molecule has 1 aliphatic heterocycles. The average molecular weight is 443 g/mol. The van der Waals surface area contributed by atoms with Gasteiger partial charge in [0.15, 0.2) is 5.79 Å². The molecular formula is C27H58N2O2+2. The van der Waals surface area contributed by atoms with E-state index >= 15 is 0 Å². The molecular weight excluding hydrogens is 384 g/mol. The summed E-state index contributed by atoms with van der Waals surface area (Å²) >= 11 is 0. The minimum atomic E-state index is -0.390. The van der Waals surface area contributed by atoms with Crippen molar-refractivity contribution in [3.8, 4) is 0 Å². The minimum absolute atomic E-state index is 0.151. The van der Waals surface area contributed by atoms with Crippen molar-refractivity contribution in [2.24, 2.45) is 0 Å². The number of unbranched alkanes of at least 4 members (excludes halogenated alkanes) is 2. The number of quaternary nitrogens is 2. The van der Waals surface area contributed by atoms with E-state index in [0.717, 1.165) is 34.9 Å². The van der Waals surface area contributed by atoms with Crippen LogP contribution >= 0.6 is 0 Å². The van der Waals surface area contributed by atoms with Gasteiger partial charge in [0.1, 0.15) is 25.3 Å². The summed E-state index contributed by atoms with van der Waals surface area (Å²) in [6, 6.07) is 2.23. The Kier molecular flexibility index (Phi) is 11.0. The molecule has 1 heterocycles. The Balaban J connectivity index is 3.31. The topological polar surface area (TPSA) is 18.5 Å². The summed E-state index contributed by atoms with van der Waals surface area (Å²) in [6.07, 6.45) is 7.07. The molecule has 0 radical (unpaired) electrons. The van der Waals surface area contributed by atoms with Crippen molar-refractivity contribution in [1.82, 2.24) is 0 Å². The zero-order valence-electron chi connectivity index (χ0n) is 23.3. The molecule has 0 N–H and O–H groups in total. The molecule has 2 atom stereocenters. The zero-order valence-corrected chi connectivity index (χ0v) is 23.3. The zero-order chi connectivity index (χ0) is 24.0. The Bertz CT molecular complexity index is 453. The molecule has 0 saturated carbocycles. The van der Waals surface area contributed by atoms with Crippen LogP contribution in [0.3, 0.4) is 0 Å². The van der Waals surface area contributed by atoms with E-state index in [-0.39, 0.29) is 18.0 Å². The Morgan fingerprint density at radius 2 is 0.903 bits per heavy atom. The molecule has 0 unspecified atom stereocenters. The lowest BCUT2D eigenvalue weighted by Gasteiger charge is -2.46. The van der Waals surface area contributed by atoms with Crippen LogP contribution in [0.15, 0.2) is 0 Å². The van der Waals surface area contributed by atoms with E-state index < -0.39 is 0 Å². The highest BCUT2D eigenvalue weighted by molar-refractivity contribution is 4.87. The monoisotopic (exact) mass is 442 g/mol. The fraction of sp³-hybridized carbons (Fsp3) is 1.00. The molecule has 0 spiro atoms. The maximum absolute atomic E-state index is 7.02. The number of ether oxygens (including phenoxy) is 2. The molecule has 1 aliphatic rings. The second-order valence-corrected chi connectivity index (χ2v) is 11.9. The average Bonchev–Trinajstić information content (AvgIpc) is 3.00. The third kappa shape index (κ3) is 6.91. The normalized spacial score (nSPS) is 22.5. The molecule has 1 rings (SSSR count). The van der Waals surface area contributed by atoms with Crippen LogP contribution in [0.5, 0.6) is 0 Å². The summed E-state index contributed by atoms with van der Waals surface area (Å²) in [7, 11) is 4.82. The van der Waals surface area contributed by atoms with Crippen LogP contribution in [0.1, 0.15) is 108 Å². The molecule has 0 amide bonds. The molecule has 1 fully saturated rings. The summed E-state index contributed by atoms with van der Waals surface area (Å²) in [5.41, 5.74) is 0. The van der Waals surface area contributed by atoms with Crippen molar-refractivity contribution in [3.05, 3.63) is 0 Å². The van der Waals surface area contributed by atoms with Crippen LogP contribution < -0.4 is 0 Å². The summed E-state index contributed by atoms with van der Waals surface area (Å²) < 4.78 is 16.1. The lowest BCUT2D eigenvalue weighted by atomic mass is 10.0. The highest BCUT2D eigenvalue weighted by atomic mass is 16.8. The van der Waals surface area contributed by atoms with Gasteiger partial charge >= 0.3 is 0 Å². The Morgan fingerprint density at radius 3 is 1.13 bits per heavy atom. The van der Waals surface area contributed by atoms with Crippen LogP contribution in [0.2, 0.25) is 0 Å². The molecule has 31 heavy (non-hydrogen) atoms. The molecule has 0 bridgehead atoms. The Hall–Kier alpha value is -0.160. The van der Waals surface area contributed by atoms with Crippen LogP contribution in [-0.2, 0) is 9.47 Å². The smallest absolute Gasteiger partial charge is 0.169 e. The highest BCUT2D eigenvalue weighted by Gasteiger charge is 2.53. The molecule has 0 aromatic rings. The van der Waals surface area contributed by atoms with E-state index in [1.54, 1.807) is 0 Å². The first-order chi connectivity index (χ1) is 14.3. The number of likely N-dealkylation sites (N-methyl/N-ethyl adjacent to an activating group) is 2. The molecule has 0 aromatic carbocycles. The van der Waals surface area contributed by atoms with E-state index in [0.29, 0.717) is 24.2 Å². The number of hydrogen-bond acceptors (Lipinski definition) is 2. The lowest BCUT2D eigenvalue weighted by Crippen LogP contribution is -2.62. The molecule has 186 valence electrons. The first-order valence-corrected chi connectivity index (χ1v) is 13.3. The largest absolute Gasteiger partial charge is 0.338 e. The van der Waals surface area contributed by atoms with Gasteiger partial charge in [-0.15, -0.1) is 0 Å². The first kappa shape index (κ1) is 28.9. The van der Waals surface area contributed by atoms with Crippen LogP contribution in [0, 0.1) is 0 Å². The van der Waals surface area contributed by atoms with Crippen LogP contribution in [0.25, 0.3) is 0 Å². The van der Waals surface area contributed by atoms with E-state index in [9.17, 15) is 0 Å². The maximum atomic E-state index is 7.02. The van der Waals surface area contributed by atoms with Gasteiger partial charge in [0.05, 0.1) is 38.3 Å². The molecule has 4 heteroatoms. The molecule has 1 saturated heterocycles. The summed E-state index contributed by atoms with van der Waals surface area (Å²) in [4.78, 5) is 0. The van der Waals surface area contributed by atoms with Gasteiger partial charge in [0.2, 0.25) is 0 Å².